The number of nitrogens with one attached hydrogen (secondary N) is 2. The first kappa shape index (κ1) is 20.5. The van der Waals surface area contributed by atoms with Gasteiger partial charge in [-0.25, -0.2) is 4.79 Å². The summed E-state index contributed by atoms with van der Waals surface area (Å²) in [5.41, 5.74) is 1.71. The van der Waals surface area contributed by atoms with Gasteiger partial charge in [0.25, 0.3) is 0 Å². The summed E-state index contributed by atoms with van der Waals surface area (Å²) in [7, 11) is 3.21. The van der Waals surface area contributed by atoms with E-state index in [0.29, 0.717) is 43.9 Å². The number of hydrogen-bond donors (Lipinski definition) is 2. The molecule has 1 heterocycles. The van der Waals surface area contributed by atoms with Crippen molar-refractivity contribution in [2.45, 2.75) is 19.4 Å². The number of benzene rings is 2. The van der Waals surface area contributed by atoms with Gasteiger partial charge in [-0.3, -0.25) is 4.79 Å². The topological polar surface area (TPSA) is 79.9 Å². The Morgan fingerprint density at radius 1 is 1.00 bits per heavy atom. The van der Waals surface area contributed by atoms with Crippen molar-refractivity contribution in [3.05, 3.63) is 54.1 Å². The van der Waals surface area contributed by atoms with Crippen molar-refractivity contribution in [1.82, 2.24) is 10.2 Å². The van der Waals surface area contributed by atoms with Crippen molar-refractivity contribution >= 4 is 17.6 Å². The van der Waals surface area contributed by atoms with Crippen molar-refractivity contribution in [1.29, 1.82) is 0 Å². The first-order valence-electron chi connectivity index (χ1n) is 9.69. The lowest BCUT2D eigenvalue weighted by Gasteiger charge is -2.31. The molecule has 29 heavy (non-hydrogen) atoms. The molecule has 0 unspecified atom stereocenters. The summed E-state index contributed by atoms with van der Waals surface area (Å²) in [5, 5.41) is 5.87. The highest BCUT2D eigenvalue weighted by Gasteiger charge is 2.27. The van der Waals surface area contributed by atoms with E-state index < -0.39 is 0 Å². The fourth-order valence-electron chi connectivity index (χ4n) is 3.33. The number of amides is 3. The van der Waals surface area contributed by atoms with Crippen LogP contribution >= 0.6 is 0 Å². The number of carbonyl (C=O) groups excluding carboxylic acids is 2. The van der Waals surface area contributed by atoms with Gasteiger partial charge in [0.2, 0.25) is 5.91 Å². The number of hydrogen-bond acceptors (Lipinski definition) is 4. The number of piperidine rings is 1. The minimum atomic E-state index is -0.157. The van der Waals surface area contributed by atoms with Gasteiger partial charge < -0.3 is 25.0 Å². The lowest BCUT2D eigenvalue weighted by atomic mass is 9.96. The van der Waals surface area contributed by atoms with Gasteiger partial charge in [0.15, 0.2) is 0 Å². The maximum absolute atomic E-state index is 12.5. The fourth-order valence-corrected chi connectivity index (χ4v) is 3.33. The number of methoxy groups -OCH3 is 2. The molecule has 154 valence electrons. The van der Waals surface area contributed by atoms with E-state index in [2.05, 4.69) is 10.6 Å². The first-order valence-corrected chi connectivity index (χ1v) is 9.69. The largest absolute Gasteiger partial charge is 0.497 e. The molecule has 1 aliphatic rings. The zero-order valence-electron chi connectivity index (χ0n) is 16.8. The van der Waals surface area contributed by atoms with E-state index in [4.69, 9.17) is 9.47 Å². The van der Waals surface area contributed by atoms with Crippen molar-refractivity contribution in [2.24, 2.45) is 5.92 Å². The van der Waals surface area contributed by atoms with Gasteiger partial charge in [-0.15, -0.1) is 0 Å². The van der Waals surface area contributed by atoms with Crippen LogP contribution in [0.15, 0.2) is 48.5 Å². The Bertz CT molecular complexity index is 830. The SMILES string of the molecule is COc1ccc(CNC(=O)C2CCN(C(=O)Nc3cccc(OC)c3)CC2)cc1. The molecule has 1 aliphatic heterocycles. The molecule has 0 atom stereocenters. The van der Waals surface area contributed by atoms with Gasteiger partial charge in [-0.2, -0.15) is 0 Å². The van der Waals surface area contributed by atoms with E-state index in [0.717, 1.165) is 11.3 Å². The van der Waals surface area contributed by atoms with Crippen LogP contribution < -0.4 is 20.1 Å². The summed E-state index contributed by atoms with van der Waals surface area (Å²) in [6.45, 7) is 1.59. The number of urea groups is 1. The van der Waals surface area contributed by atoms with Crippen LogP contribution in [-0.2, 0) is 11.3 Å². The molecule has 2 aromatic rings. The monoisotopic (exact) mass is 397 g/mol. The Morgan fingerprint density at radius 2 is 1.69 bits per heavy atom. The van der Waals surface area contributed by atoms with Crippen LogP contribution in [0.1, 0.15) is 18.4 Å². The third-order valence-electron chi connectivity index (χ3n) is 5.10. The highest BCUT2D eigenvalue weighted by atomic mass is 16.5. The molecule has 7 nitrogen and oxygen atoms in total. The van der Waals surface area contributed by atoms with Gasteiger partial charge >= 0.3 is 6.03 Å². The highest BCUT2D eigenvalue weighted by Crippen LogP contribution is 2.21. The summed E-state index contributed by atoms with van der Waals surface area (Å²) >= 11 is 0. The molecule has 2 aromatic carbocycles. The molecule has 0 aromatic heterocycles. The van der Waals surface area contributed by atoms with Crippen LogP contribution in [-0.4, -0.2) is 44.1 Å². The van der Waals surface area contributed by atoms with Gasteiger partial charge in [0.1, 0.15) is 11.5 Å². The fraction of sp³-hybridized carbons (Fsp3) is 0.364. The van der Waals surface area contributed by atoms with Crippen molar-refractivity contribution in [2.75, 3.05) is 32.6 Å². The summed E-state index contributed by atoms with van der Waals surface area (Å²) in [6.07, 6.45) is 1.31. The van der Waals surface area contributed by atoms with Gasteiger partial charge in [-0.05, 0) is 42.7 Å². The number of ether oxygens (including phenoxy) is 2. The Hall–Kier alpha value is -3.22. The van der Waals surface area contributed by atoms with Crippen molar-refractivity contribution in [3.8, 4) is 11.5 Å². The molecule has 7 heteroatoms. The summed E-state index contributed by atoms with van der Waals surface area (Å²) < 4.78 is 10.3. The second-order valence-electron chi connectivity index (χ2n) is 6.99. The van der Waals surface area contributed by atoms with E-state index in [-0.39, 0.29) is 17.9 Å². The molecule has 3 rings (SSSR count). The molecule has 3 amide bonds. The normalized spacial score (nSPS) is 14.2. The smallest absolute Gasteiger partial charge is 0.321 e. The molecule has 0 saturated carbocycles. The summed E-state index contributed by atoms with van der Waals surface area (Å²) in [6, 6.07) is 14.7. The average Bonchev–Trinajstić information content (AvgIpc) is 2.78. The predicted molar refractivity (Wildman–Crippen MR) is 111 cm³/mol. The van der Waals surface area contributed by atoms with Crippen molar-refractivity contribution in [3.63, 3.8) is 0 Å². The minimum absolute atomic E-state index is 0.0358. The van der Waals surface area contributed by atoms with Crippen LogP contribution in [0.3, 0.4) is 0 Å². The van der Waals surface area contributed by atoms with Crippen LogP contribution in [0.4, 0.5) is 10.5 Å². The molecule has 0 aliphatic carbocycles. The highest BCUT2D eigenvalue weighted by molar-refractivity contribution is 5.89. The summed E-state index contributed by atoms with van der Waals surface area (Å²) in [5.74, 6) is 1.44. The Labute approximate surface area is 171 Å². The number of anilines is 1. The van der Waals surface area contributed by atoms with Crippen LogP contribution in [0, 0.1) is 5.92 Å². The molecular weight excluding hydrogens is 370 g/mol. The van der Waals surface area contributed by atoms with Gasteiger partial charge in [0, 0.05) is 37.3 Å². The third kappa shape index (κ3) is 5.63. The maximum atomic E-state index is 12.5. The molecule has 0 spiro atoms. The minimum Gasteiger partial charge on any atom is -0.497 e. The summed E-state index contributed by atoms with van der Waals surface area (Å²) in [4.78, 5) is 26.7. The van der Waals surface area contributed by atoms with E-state index in [1.54, 1.807) is 25.2 Å². The molecular formula is C22H27N3O4. The van der Waals surface area contributed by atoms with E-state index in [9.17, 15) is 9.59 Å². The van der Waals surface area contributed by atoms with E-state index in [1.165, 1.54) is 0 Å². The molecule has 1 fully saturated rings. The third-order valence-corrected chi connectivity index (χ3v) is 5.10. The van der Waals surface area contributed by atoms with Crippen LogP contribution in [0.2, 0.25) is 0 Å². The predicted octanol–water partition coefficient (Wildman–Crippen LogP) is 3.26. The van der Waals surface area contributed by atoms with Crippen LogP contribution in [0.5, 0.6) is 11.5 Å². The standard InChI is InChI=1S/C22H27N3O4/c1-28-19-8-6-16(7-9-19)15-23-21(26)17-10-12-25(13-11-17)22(27)24-18-4-3-5-20(14-18)29-2/h3-9,14,17H,10-13,15H2,1-2H3,(H,23,26)(H,24,27). The number of carbonyl (C=O) groups is 2. The number of nitrogens with zero attached hydrogens (tertiary/aromatic N) is 1. The number of rotatable bonds is 6. The van der Waals surface area contributed by atoms with Gasteiger partial charge in [0.05, 0.1) is 14.2 Å². The first-order chi connectivity index (χ1) is 14.1. The number of likely N-dealkylation sites (tertiary alicyclic amines) is 1. The second kappa shape index (κ2) is 9.82. The lowest BCUT2D eigenvalue weighted by Crippen LogP contribution is -2.44. The Kier molecular flexibility index (Phi) is 6.94. The van der Waals surface area contributed by atoms with Gasteiger partial charge in [-0.1, -0.05) is 18.2 Å². The lowest BCUT2D eigenvalue weighted by molar-refractivity contribution is -0.126. The second-order valence-corrected chi connectivity index (χ2v) is 6.99. The van der Waals surface area contributed by atoms with Crippen molar-refractivity contribution < 1.29 is 19.1 Å². The van der Waals surface area contributed by atoms with E-state index >= 15 is 0 Å². The zero-order valence-corrected chi connectivity index (χ0v) is 16.8. The quantitative estimate of drug-likeness (QED) is 0.784. The molecule has 1 saturated heterocycles. The van der Waals surface area contributed by atoms with Crippen LogP contribution in [0.25, 0.3) is 0 Å². The zero-order chi connectivity index (χ0) is 20.6. The maximum Gasteiger partial charge on any atom is 0.321 e. The van der Waals surface area contributed by atoms with E-state index in [1.807, 2.05) is 42.5 Å². The molecule has 0 radical (unpaired) electrons. The molecule has 2 N–H and O–H groups in total. The Morgan fingerprint density at radius 3 is 2.34 bits per heavy atom. The Balaban J connectivity index is 1.43. The average molecular weight is 397 g/mol. The molecule has 0 bridgehead atoms.